The number of ether oxygens (including phenoxy) is 2. The van der Waals surface area contributed by atoms with Gasteiger partial charge in [-0.2, -0.15) is 0 Å². The molecule has 1 aliphatic heterocycles. The van der Waals surface area contributed by atoms with Gasteiger partial charge in [0.1, 0.15) is 18.4 Å². The number of Topliss-reactive ketones (excluding diaryl/α,β-unsaturated/α-hetero) is 1. The smallest absolute Gasteiger partial charge is 0.350 e. The Morgan fingerprint density at radius 2 is 1.44 bits per heavy atom. The van der Waals surface area contributed by atoms with Crippen LogP contribution in [0.3, 0.4) is 0 Å². The van der Waals surface area contributed by atoms with E-state index in [4.69, 9.17) is 14.3 Å². The summed E-state index contributed by atoms with van der Waals surface area (Å²) in [6.45, 7) is 2.87. The number of nitrogens with zero attached hydrogens (tertiary/aromatic N) is 1. The van der Waals surface area contributed by atoms with Crippen LogP contribution in [-0.4, -0.2) is 59.2 Å². The molecule has 12 heteroatoms. The molecule has 3 rings (SSSR count). The maximum absolute atomic E-state index is 13.4. The highest BCUT2D eigenvalue weighted by Crippen LogP contribution is 2.23. The van der Waals surface area contributed by atoms with E-state index in [1.54, 1.807) is 73.7 Å². The van der Waals surface area contributed by atoms with Crippen LogP contribution in [0.4, 0.5) is 0 Å². The van der Waals surface area contributed by atoms with Crippen molar-refractivity contribution in [3.8, 4) is 0 Å². The highest BCUT2D eigenvalue weighted by Gasteiger charge is 2.37. The molecule has 0 aromatic heterocycles. The number of nitrogens with one attached hydrogen (secondary N) is 1. The van der Waals surface area contributed by atoms with Crippen molar-refractivity contribution in [2.75, 3.05) is 6.61 Å². The number of ketones is 1. The van der Waals surface area contributed by atoms with Gasteiger partial charge in [-0.1, -0.05) is 54.6 Å². The van der Waals surface area contributed by atoms with Gasteiger partial charge in [0.05, 0.1) is 12.8 Å². The zero-order chi connectivity index (χ0) is 31.4. The largest absolute Gasteiger partial charge is 0.458 e. The maximum atomic E-state index is 13.4. The third kappa shape index (κ3) is 10.0. The normalized spacial score (nSPS) is 14.5. The topological polar surface area (TPSA) is 162 Å². The molecule has 1 saturated heterocycles. The number of carbonyl (C=O) groups is 7. The molecule has 2 aromatic carbocycles. The minimum absolute atomic E-state index is 0.0813. The van der Waals surface area contributed by atoms with Crippen molar-refractivity contribution in [2.24, 2.45) is 0 Å². The molecule has 0 unspecified atom stereocenters. The van der Waals surface area contributed by atoms with Gasteiger partial charge < -0.3 is 19.6 Å². The van der Waals surface area contributed by atoms with E-state index < -0.39 is 60.6 Å². The molecule has 0 spiro atoms. The number of amides is 3. The number of hydrogen-bond donors (Lipinski definition) is 1. The molecule has 0 aliphatic carbocycles. The highest BCUT2D eigenvalue weighted by atomic mass is 16.7. The van der Waals surface area contributed by atoms with Crippen LogP contribution in [-0.2, 0) is 43.1 Å². The molecular formula is C31H32N2O10. The Balaban J connectivity index is 1.80. The second kappa shape index (κ2) is 15.8. The van der Waals surface area contributed by atoms with Gasteiger partial charge in [0.2, 0.25) is 6.10 Å². The predicted molar refractivity (Wildman–Crippen MR) is 149 cm³/mol. The van der Waals surface area contributed by atoms with Crippen LogP contribution in [0.2, 0.25) is 0 Å². The van der Waals surface area contributed by atoms with Crippen LogP contribution in [0.1, 0.15) is 67.9 Å². The Kier molecular flexibility index (Phi) is 11.9. The summed E-state index contributed by atoms with van der Waals surface area (Å²) in [5.41, 5.74) is 1.29. The maximum Gasteiger partial charge on any atom is 0.350 e. The van der Waals surface area contributed by atoms with Gasteiger partial charge in [-0.25, -0.2) is 9.59 Å². The third-order valence-electron chi connectivity index (χ3n) is 6.19. The Hall–Kier alpha value is -5.13. The number of benzene rings is 2. The number of allylic oxidation sites excluding steroid dienone is 1. The Morgan fingerprint density at radius 1 is 0.860 bits per heavy atom. The van der Waals surface area contributed by atoms with Gasteiger partial charge in [-0.15, -0.1) is 5.06 Å². The van der Waals surface area contributed by atoms with E-state index in [-0.39, 0.29) is 31.7 Å². The second-order valence-electron chi connectivity index (χ2n) is 9.75. The first kappa shape index (κ1) is 32.4. The number of rotatable bonds is 14. The van der Waals surface area contributed by atoms with Gasteiger partial charge in [-0.3, -0.25) is 24.0 Å². The van der Waals surface area contributed by atoms with E-state index in [1.807, 2.05) is 0 Å². The van der Waals surface area contributed by atoms with Crippen molar-refractivity contribution in [3.63, 3.8) is 0 Å². The molecule has 0 bridgehead atoms. The van der Waals surface area contributed by atoms with Gasteiger partial charge >= 0.3 is 17.9 Å². The standard InChI is InChI=1S/C31H32N2O10/c1-20(13-14-21(2)34)19-41-31(40)29(42-26(37)17-18-27(38)43-33-24(35)15-16-25(33)36)28(22-9-5-3-6-10-22)32-30(39)23-11-7-4-8-12-23/h3-13,28-29H,14-19H2,1-2H3,(H,32,39)/b20-13+/t28-,29+/m1/s1. The van der Waals surface area contributed by atoms with Crippen molar-refractivity contribution in [2.45, 2.75) is 58.1 Å². The first-order valence-corrected chi connectivity index (χ1v) is 13.5. The average molecular weight is 593 g/mol. The van der Waals surface area contributed by atoms with E-state index in [0.29, 0.717) is 21.8 Å². The molecular weight excluding hydrogens is 560 g/mol. The van der Waals surface area contributed by atoms with Crippen molar-refractivity contribution < 1.29 is 47.9 Å². The lowest BCUT2D eigenvalue weighted by Gasteiger charge is -2.27. The number of esters is 2. The predicted octanol–water partition coefficient (Wildman–Crippen LogP) is 2.93. The molecule has 226 valence electrons. The summed E-state index contributed by atoms with van der Waals surface area (Å²) in [5.74, 6) is -4.99. The van der Waals surface area contributed by atoms with E-state index in [1.165, 1.54) is 6.92 Å². The fourth-order valence-electron chi connectivity index (χ4n) is 3.91. The summed E-state index contributed by atoms with van der Waals surface area (Å²) in [4.78, 5) is 91.0. The zero-order valence-corrected chi connectivity index (χ0v) is 23.8. The molecule has 1 fully saturated rings. The fraction of sp³-hybridized carbons (Fsp3) is 0.323. The van der Waals surface area contributed by atoms with Crippen LogP contribution in [0.25, 0.3) is 0 Å². The summed E-state index contributed by atoms with van der Waals surface area (Å²) in [5, 5.41) is 3.10. The number of carbonyl (C=O) groups excluding carboxylic acids is 7. The van der Waals surface area contributed by atoms with Crippen LogP contribution in [0.15, 0.2) is 72.3 Å². The summed E-state index contributed by atoms with van der Waals surface area (Å²) in [6.07, 6.45) is -1.23. The molecule has 43 heavy (non-hydrogen) atoms. The molecule has 1 aliphatic rings. The second-order valence-corrected chi connectivity index (χ2v) is 9.75. The molecule has 2 aromatic rings. The monoisotopic (exact) mass is 592 g/mol. The molecule has 2 atom stereocenters. The molecule has 12 nitrogen and oxygen atoms in total. The van der Waals surface area contributed by atoms with Gasteiger partial charge in [-0.05, 0) is 37.1 Å². The summed E-state index contributed by atoms with van der Waals surface area (Å²) in [7, 11) is 0. The Bertz CT molecular complexity index is 1370. The number of imide groups is 1. The lowest BCUT2D eigenvalue weighted by molar-refractivity contribution is -0.197. The van der Waals surface area contributed by atoms with E-state index in [9.17, 15) is 33.6 Å². The molecule has 3 amide bonds. The third-order valence-corrected chi connectivity index (χ3v) is 6.19. The Labute approximate surface area is 247 Å². The molecule has 0 saturated carbocycles. The lowest BCUT2D eigenvalue weighted by Crippen LogP contribution is -2.44. The molecule has 0 radical (unpaired) electrons. The number of hydroxylamine groups is 2. The van der Waals surface area contributed by atoms with Crippen molar-refractivity contribution in [1.82, 2.24) is 10.4 Å². The number of hydrogen-bond acceptors (Lipinski definition) is 10. The minimum atomic E-state index is -1.68. The SMILES string of the molecule is CC(=O)C/C=C(\C)COC(=O)[C@@H](OC(=O)CCC(=O)ON1C(=O)CCC1=O)[C@H](NC(=O)c1ccccc1)c1ccccc1. The van der Waals surface area contributed by atoms with Gasteiger partial charge in [0, 0.05) is 24.8 Å². The van der Waals surface area contributed by atoms with Crippen molar-refractivity contribution in [1.29, 1.82) is 0 Å². The minimum Gasteiger partial charge on any atom is -0.458 e. The van der Waals surface area contributed by atoms with Crippen LogP contribution < -0.4 is 5.32 Å². The van der Waals surface area contributed by atoms with Crippen LogP contribution in [0, 0.1) is 0 Å². The van der Waals surface area contributed by atoms with Crippen molar-refractivity contribution in [3.05, 3.63) is 83.4 Å². The molecule has 1 N–H and O–H groups in total. The van der Waals surface area contributed by atoms with Gasteiger partial charge in [0.25, 0.3) is 17.7 Å². The first-order valence-electron chi connectivity index (χ1n) is 13.5. The summed E-state index contributed by atoms with van der Waals surface area (Å²) in [6, 6.07) is 15.3. The van der Waals surface area contributed by atoms with Crippen LogP contribution in [0.5, 0.6) is 0 Å². The van der Waals surface area contributed by atoms with Crippen molar-refractivity contribution >= 4 is 41.4 Å². The zero-order valence-electron chi connectivity index (χ0n) is 23.8. The van der Waals surface area contributed by atoms with Gasteiger partial charge in [0.15, 0.2) is 0 Å². The average Bonchev–Trinajstić information content (AvgIpc) is 3.32. The fourth-order valence-corrected chi connectivity index (χ4v) is 3.91. The Morgan fingerprint density at radius 3 is 2.05 bits per heavy atom. The lowest BCUT2D eigenvalue weighted by atomic mass is 10.00. The summed E-state index contributed by atoms with van der Waals surface area (Å²) < 4.78 is 10.9. The van der Waals surface area contributed by atoms with E-state index in [2.05, 4.69) is 5.32 Å². The van der Waals surface area contributed by atoms with E-state index in [0.717, 1.165) is 0 Å². The van der Waals surface area contributed by atoms with E-state index >= 15 is 0 Å². The highest BCUT2D eigenvalue weighted by molar-refractivity contribution is 6.01. The summed E-state index contributed by atoms with van der Waals surface area (Å²) >= 11 is 0. The quantitative estimate of drug-likeness (QED) is 0.196. The first-order chi connectivity index (χ1) is 20.5. The molecule has 1 heterocycles. The van der Waals surface area contributed by atoms with Crippen LogP contribution >= 0.6 is 0 Å².